The van der Waals surface area contributed by atoms with Crippen LogP contribution >= 0.6 is 38.6 Å². The van der Waals surface area contributed by atoms with Gasteiger partial charge < -0.3 is 5.11 Å². The third-order valence-electron chi connectivity index (χ3n) is 3.12. The van der Waals surface area contributed by atoms with Gasteiger partial charge in [-0.25, -0.2) is 4.68 Å². The topological polar surface area (TPSA) is 49.9 Å². The molecule has 3 rings (SSSR count). The number of thiophene rings is 1. The molecule has 0 radical (unpaired) electrons. The lowest BCUT2D eigenvalue weighted by Crippen LogP contribution is -2.12. The van der Waals surface area contributed by atoms with Gasteiger partial charge in [-0.1, -0.05) is 28.1 Å². The number of hydrogen-bond acceptors (Lipinski definition) is 5. The second kappa shape index (κ2) is 7.74. The fourth-order valence-electron chi connectivity index (χ4n) is 2.01. The Hall–Kier alpha value is -1.96. The van der Waals surface area contributed by atoms with E-state index in [1.54, 1.807) is 40.4 Å². The maximum Gasteiger partial charge on any atom is 0.206 e. The second-order valence-corrected chi connectivity index (χ2v) is 7.47. The zero-order valence-electron chi connectivity index (χ0n) is 12.6. The Morgan fingerprint density at radius 2 is 2.17 bits per heavy atom. The van der Waals surface area contributed by atoms with E-state index in [9.17, 15) is 5.11 Å². The summed E-state index contributed by atoms with van der Waals surface area (Å²) in [7, 11) is 0. The summed E-state index contributed by atoms with van der Waals surface area (Å²) in [5.41, 5.74) is 1.61. The third kappa shape index (κ3) is 3.75. The Labute approximate surface area is 155 Å². The highest BCUT2D eigenvalue weighted by Crippen LogP contribution is 2.25. The molecule has 2 heterocycles. The molecule has 7 heteroatoms. The SMILES string of the molecule is C=CCN=c1scc(-c2cccs2)n1N=Cc1cc(Br)ccc1O. The average Bonchev–Trinajstić information content (AvgIpc) is 3.23. The lowest BCUT2D eigenvalue weighted by atomic mass is 10.2. The highest BCUT2D eigenvalue weighted by atomic mass is 79.9. The van der Waals surface area contributed by atoms with Gasteiger partial charge in [0.25, 0.3) is 0 Å². The van der Waals surface area contributed by atoms with Crippen LogP contribution in [0, 0.1) is 0 Å². The van der Waals surface area contributed by atoms with E-state index in [-0.39, 0.29) is 5.75 Å². The molecule has 3 aromatic rings. The third-order valence-corrected chi connectivity index (χ3v) is 5.36. The van der Waals surface area contributed by atoms with Gasteiger partial charge in [-0.05, 0) is 29.6 Å². The van der Waals surface area contributed by atoms with Crippen LogP contribution in [0.2, 0.25) is 0 Å². The summed E-state index contributed by atoms with van der Waals surface area (Å²) in [6.07, 6.45) is 3.38. The first kappa shape index (κ1) is 16.9. The van der Waals surface area contributed by atoms with Crippen LogP contribution in [0.4, 0.5) is 0 Å². The standard InChI is InChI=1S/C17H14BrN3OS2/c1-2-7-19-17-21(14(11-24-17)16-4-3-8-23-16)20-10-12-9-13(18)5-6-15(12)22/h2-6,8-11,22H,1,7H2. The summed E-state index contributed by atoms with van der Waals surface area (Å²) in [5, 5.41) is 18.6. The summed E-state index contributed by atoms with van der Waals surface area (Å²) in [4.78, 5) is 6.38. The molecule has 0 bridgehead atoms. The first-order valence-corrected chi connectivity index (χ1v) is 9.63. The summed E-state index contributed by atoms with van der Waals surface area (Å²) < 4.78 is 2.67. The van der Waals surface area contributed by atoms with Crippen molar-refractivity contribution in [1.82, 2.24) is 4.68 Å². The molecule has 122 valence electrons. The molecule has 24 heavy (non-hydrogen) atoms. The first-order chi connectivity index (χ1) is 11.7. The number of aromatic nitrogens is 1. The molecule has 0 aliphatic heterocycles. The summed E-state index contributed by atoms with van der Waals surface area (Å²) >= 11 is 6.58. The van der Waals surface area contributed by atoms with Gasteiger partial charge in [0, 0.05) is 15.4 Å². The Balaban J connectivity index is 2.08. The van der Waals surface area contributed by atoms with Crippen LogP contribution in [0.25, 0.3) is 10.6 Å². The normalized spacial score (nSPS) is 12.1. The number of aromatic hydroxyl groups is 1. The van der Waals surface area contributed by atoms with Crippen LogP contribution in [0.3, 0.4) is 0 Å². The predicted octanol–water partition coefficient (Wildman–Crippen LogP) is 4.72. The molecule has 0 amide bonds. The van der Waals surface area contributed by atoms with Crippen molar-refractivity contribution in [2.24, 2.45) is 10.1 Å². The molecule has 0 saturated heterocycles. The Morgan fingerprint density at radius 3 is 2.92 bits per heavy atom. The number of benzene rings is 1. The van der Waals surface area contributed by atoms with Gasteiger partial charge >= 0.3 is 0 Å². The van der Waals surface area contributed by atoms with Gasteiger partial charge in [-0.2, -0.15) is 5.10 Å². The molecule has 2 aromatic heterocycles. The van der Waals surface area contributed by atoms with Crippen molar-refractivity contribution in [2.75, 3.05) is 6.54 Å². The van der Waals surface area contributed by atoms with Crippen molar-refractivity contribution in [3.05, 3.63) is 68.6 Å². The number of hydrogen-bond donors (Lipinski definition) is 1. The Kier molecular flexibility index (Phi) is 5.44. The van der Waals surface area contributed by atoms with Crippen LogP contribution < -0.4 is 4.80 Å². The van der Waals surface area contributed by atoms with Crippen molar-refractivity contribution in [2.45, 2.75) is 0 Å². The maximum atomic E-state index is 9.97. The molecule has 0 spiro atoms. The number of rotatable bonds is 5. The monoisotopic (exact) mass is 419 g/mol. The molecule has 0 saturated carbocycles. The van der Waals surface area contributed by atoms with Crippen LogP contribution in [-0.4, -0.2) is 22.5 Å². The van der Waals surface area contributed by atoms with E-state index in [4.69, 9.17) is 0 Å². The molecule has 0 unspecified atom stereocenters. The molecule has 0 aliphatic carbocycles. The molecular weight excluding hydrogens is 406 g/mol. The van der Waals surface area contributed by atoms with Gasteiger partial charge in [0.05, 0.1) is 23.3 Å². The zero-order chi connectivity index (χ0) is 16.9. The van der Waals surface area contributed by atoms with Gasteiger partial charge in [-0.3, -0.25) is 4.99 Å². The van der Waals surface area contributed by atoms with E-state index in [1.807, 2.05) is 29.0 Å². The molecule has 1 aromatic carbocycles. The van der Waals surface area contributed by atoms with Crippen LogP contribution in [0.15, 0.2) is 68.3 Å². The quantitative estimate of drug-likeness (QED) is 0.472. The highest BCUT2D eigenvalue weighted by molar-refractivity contribution is 9.10. The van der Waals surface area contributed by atoms with Crippen molar-refractivity contribution in [3.8, 4) is 16.3 Å². The molecule has 0 fully saturated rings. The second-order valence-electron chi connectivity index (χ2n) is 4.77. The summed E-state index contributed by atoms with van der Waals surface area (Å²) in [6, 6.07) is 9.29. The lowest BCUT2D eigenvalue weighted by molar-refractivity contribution is 0.474. The van der Waals surface area contributed by atoms with Gasteiger partial charge in [-0.15, -0.1) is 29.3 Å². The van der Waals surface area contributed by atoms with E-state index in [0.717, 1.165) is 19.8 Å². The molecule has 1 N–H and O–H groups in total. The molecule has 0 atom stereocenters. The summed E-state index contributed by atoms with van der Waals surface area (Å²) in [6.45, 7) is 4.23. The lowest BCUT2D eigenvalue weighted by Gasteiger charge is -2.02. The van der Waals surface area contributed by atoms with E-state index >= 15 is 0 Å². The maximum absolute atomic E-state index is 9.97. The Morgan fingerprint density at radius 1 is 1.29 bits per heavy atom. The van der Waals surface area contributed by atoms with E-state index in [2.05, 4.69) is 32.6 Å². The van der Waals surface area contributed by atoms with Crippen molar-refractivity contribution >= 4 is 44.8 Å². The van der Waals surface area contributed by atoms with Crippen molar-refractivity contribution in [1.29, 1.82) is 0 Å². The Bertz CT molecular complexity index is 939. The highest BCUT2D eigenvalue weighted by Gasteiger charge is 2.08. The minimum Gasteiger partial charge on any atom is -0.507 e. The van der Waals surface area contributed by atoms with Crippen molar-refractivity contribution < 1.29 is 5.11 Å². The number of halogens is 1. The predicted molar refractivity (Wildman–Crippen MR) is 105 cm³/mol. The van der Waals surface area contributed by atoms with Crippen molar-refractivity contribution in [3.63, 3.8) is 0 Å². The van der Waals surface area contributed by atoms with Gasteiger partial charge in [0.2, 0.25) is 4.80 Å². The average molecular weight is 420 g/mol. The number of nitrogens with zero attached hydrogens (tertiary/aromatic N) is 3. The zero-order valence-corrected chi connectivity index (χ0v) is 15.8. The molecule has 0 aliphatic rings. The van der Waals surface area contributed by atoms with E-state index < -0.39 is 0 Å². The van der Waals surface area contributed by atoms with Gasteiger partial charge in [0.15, 0.2) is 0 Å². The molecular formula is C17H14BrN3OS2. The summed E-state index contributed by atoms with van der Waals surface area (Å²) in [5.74, 6) is 0.181. The van der Waals surface area contributed by atoms with Crippen LogP contribution in [0.5, 0.6) is 5.75 Å². The first-order valence-electron chi connectivity index (χ1n) is 7.07. The fraction of sp³-hybridized carbons (Fsp3) is 0.0588. The largest absolute Gasteiger partial charge is 0.507 e. The number of phenols is 1. The van der Waals surface area contributed by atoms with E-state index in [1.165, 1.54) is 11.3 Å². The minimum absolute atomic E-state index is 0.181. The number of thiazole rings is 1. The smallest absolute Gasteiger partial charge is 0.206 e. The van der Waals surface area contributed by atoms with Crippen LogP contribution in [-0.2, 0) is 0 Å². The number of phenolic OH excluding ortho intramolecular Hbond substituents is 1. The van der Waals surface area contributed by atoms with E-state index in [0.29, 0.717) is 12.1 Å². The molecule has 4 nitrogen and oxygen atoms in total. The minimum atomic E-state index is 0.181. The fourth-order valence-corrected chi connectivity index (χ4v) is 4.02. The van der Waals surface area contributed by atoms with Gasteiger partial charge in [0.1, 0.15) is 5.75 Å². The van der Waals surface area contributed by atoms with Crippen LogP contribution in [0.1, 0.15) is 5.56 Å².